The highest BCUT2D eigenvalue weighted by Gasteiger charge is 2.47. The van der Waals surface area contributed by atoms with Gasteiger partial charge in [-0.25, -0.2) is 0 Å². The Balaban J connectivity index is 2.14. The van der Waals surface area contributed by atoms with Gasteiger partial charge in [0.15, 0.2) is 0 Å². The third kappa shape index (κ3) is 2.23. The van der Waals surface area contributed by atoms with Gasteiger partial charge in [0.1, 0.15) is 0 Å². The Labute approximate surface area is 98.4 Å². The first-order valence-electron chi connectivity index (χ1n) is 5.35. The zero-order valence-electron chi connectivity index (χ0n) is 9.12. The molecule has 4 heteroatoms. The highest BCUT2D eigenvalue weighted by molar-refractivity contribution is 7.99. The van der Waals surface area contributed by atoms with Gasteiger partial charge in [0.2, 0.25) is 0 Å². The molecule has 1 atom stereocenters. The van der Waals surface area contributed by atoms with Crippen molar-refractivity contribution in [2.75, 3.05) is 0 Å². The lowest BCUT2D eigenvalue weighted by atomic mass is 9.90. The Morgan fingerprint density at radius 1 is 1.25 bits per heavy atom. The summed E-state index contributed by atoms with van der Waals surface area (Å²) >= 11 is 0.582. The van der Waals surface area contributed by atoms with Crippen molar-refractivity contribution in [3.8, 4) is 0 Å². The molecular formula is C12H15F2NS. The largest absolute Gasteiger partial charge is 0.327 e. The molecule has 16 heavy (non-hydrogen) atoms. The molecule has 0 aromatic heterocycles. The van der Waals surface area contributed by atoms with Crippen LogP contribution in [-0.4, -0.2) is 11.8 Å². The van der Waals surface area contributed by atoms with Crippen LogP contribution in [0.4, 0.5) is 8.78 Å². The highest BCUT2D eigenvalue weighted by atomic mass is 32.2. The minimum Gasteiger partial charge on any atom is -0.327 e. The van der Waals surface area contributed by atoms with Gasteiger partial charge in [0, 0.05) is 16.4 Å². The van der Waals surface area contributed by atoms with Crippen LogP contribution in [0.3, 0.4) is 0 Å². The van der Waals surface area contributed by atoms with Gasteiger partial charge in [-0.05, 0) is 37.5 Å². The van der Waals surface area contributed by atoms with Gasteiger partial charge >= 0.3 is 0 Å². The lowest BCUT2D eigenvalue weighted by molar-refractivity contribution is 0.252. The molecule has 2 rings (SSSR count). The van der Waals surface area contributed by atoms with Gasteiger partial charge in [-0.1, -0.05) is 23.9 Å². The fourth-order valence-corrected chi connectivity index (χ4v) is 2.61. The number of benzene rings is 1. The summed E-state index contributed by atoms with van der Waals surface area (Å²) < 4.78 is 24.3. The van der Waals surface area contributed by atoms with Crippen LogP contribution in [0.25, 0.3) is 0 Å². The maximum absolute atomic E-state index is 12.1. The number of halogens is 2. The Morgan fingerprint density at radius 3 is 2.19 bits per heavy atom. The first-order chi connectivity index (χ1) is 7.54. The number of nitrogens with two attached hydrogens (primary N) is 1. The number of thioether (sulfide) groups is 1. The standard InChI is InChI=1S/C12H15F2NS/c1-8(15)12(6-7-12)9-2-4-10(5-3-9)16-11(13)14/h2-5,8,11H,6-7,15H2,1H3. The van der Waals surface area contributed by atoms with Crippen molar-refractivity contribution in [1.82, 2.24) is 0 Å². The zero-order valence-corrected chi connectivity index (χ0v) is 9.94. The molecule has 1 unspecified atom stereocenters. The van der Waals surface area contributed by atoms with E-state index in [0.717, 1.165) is 12.8 Å². The number of alkyl halides is 2. The molecular weight excluding hydrogens is 228 g/mol. The van der Waals surface area contributed by atoms with E-state index < -0.39 is 5.76 Å². The molecule has 0 radical (unpaired) electrons. The van der Waals surface area contributed by atoms with Crippen molar-refractivity contribution < 1.29 is 8.78 Å². The van der Waals surface area contributed by atoms with E-state index >= 15 is 0 Å². The van der Waals surface area contributed by atoms with Gasteiger partial charge in [-0.3, -0.25) is 0 Å². The van der Waals surface area contributed by atoms with Crippen LogP contribution in [-0.2, 0) is 5.41 Å². The van der Waals surface area contributed by atoms with Crippen LogP contribution in [0.2, 0.25) is 0 Å². The van der Waals surface area contributed by atoms with E-state index in [4.69, 9.17) is 5.73 Å². The quantitative estimate of drug-likeness (QED) is 0.820. The van der Waals surface area contributed by atoms with Crippen LogP contribution < -0.4 is 5.73 Å². The molecule has 1 saturated carbocycles. The van der Waals surface area contributed by atoms with Crippen LogP contribution >= 0.6 is 11.8 Å². The SMILES string of the molecule is CC(N)C1(c2ccc(SC(F)F)cc2)CC1. The van der Waals surface area contributed by atoms with E-state index in [1.54, 1.807) is 12.1 Å². The van der Waals surface area contributed by atoms with E-state index in [1.165, 1.54) is 5.56 Å². The third-order valence-corrected chi connectivity index (χ3v) is 4.04. The second-order valence-corrected chi connectivity index (χ2v) is 5.41. The minimum absolute atomic E-state index is 0.105. The molecule has 1 aliphatic carbocycles. The predicted molar refractivity (Wildman–Crippen MR) is 62.9 cm³/mol. The average Bonchev–Trinajstić information content (AvgIpc) is 2.98. The lowest BCUT2D eigenvalue weighted by Crippen LogP contribution is -2.31. The third-order valence-electron chi connectivity index (χ3n) is 3.31. The molecule has 1 fully saturated rings. The van der Waals surface area contributed by atoms with Crippen molar-refractivity contribution >= 4 is 11.8 Å². The zero-order chi connectivity index (χ0) is 11.8. The average molecular weight is 243 g/mol. The monoisotopic (exact) mass is 243 g/mol. The van der Waals surface area contributed by atoms with Crippen LogP contribution in [0, 0.1) is 0 Å². The van der Waals surface area contributed by atoms with Crippen LogP contribution in [0.15, 0.2) is 29.2 Å². The van der Waals surface area contributed by atoms with Crippen LogP contribution in [0.5, 0.6) is 0 Å². The summed E-state index contributed by atoms with van der Waals surface area (Å²) in [6.07, 6.45) is 2.21. The fourth-order valence-electron chi connectivity index (χ4n) is 2.11. The maximum Gasteiger partial charge on any atom is 0.288 e. The van der Waals surface area contributed by atoms with Crippen molar-refractivity contribution in [2.45, 2.75) is 41.9 Å². The molecule has 0 spiro atoms. The molecule has 1 aromatic rings. The molecule has 0 saturated heterocycles. The number of hydrogen-bond donors (Lipinski definition) is 1. The lowest BCUT2D eigenvalue weighted by Gasteiger charge is -2.20. The minimum atomic E-state index is -2.35. The maximum atomic E-state index is 12.1. The summed E-state index contributed by atoms with van der Waals surface area (Å²) in [6, 6.07) is 7.51. The van der Waals surface area contributed by atoms with Gasteiger partial charge in [0.05, 0.1) is 0 Å². The normalized spacial score (nSPS) is 19.8. The summed E-state index contributed by atoms with van der Waals surface area (Å²) in [5, 5.41) is 0. The van der Waals surface area contributed by atoms with Gasteiger partial charge in [0.25, 0.3) is 5.76 Å². The summed E-state index contributed by atoms with van der Waals surface area (Å²) in [5.74, 6) is -2.35. The first kappa shape index (κ1) is 11.9. The second kappa shape index (κ2) is 4.34. The topological polar surface area (TPSA) is 26.0 Å². The molecule has 0 heterocycles. The van der Waals surface area contributed by atoms with E-state index in [2.05, 4.69) is 0 Å². The first-order valence-corrected chi connectivity index (χ1v) is 6.23. The van der Waals surface area contributed by atoms with Gasteiger partial charge in [-0.2, -0.15) is 8.78 Å². The molecule has 1 aliphatic rings. The highest BCUT2D eigenvalue weighted by Crippen LogP contribution is 2.50. The molecule has 0 bridgehead atoms. The molecule has 88 valence electrons. The molecule has 0 amide bonds. The Kier molecular flexibility index (Phi) is 3.22. The summed E-state index contributed by atoms with van der Waals surface area (Å²) in [5.41, 5.74) is 7.25. The van der Waals surface area contributed by atoms with Crippen LogP contribution in [0.1, 0.15) is 25.3 Å². The molecule has 2 N–H and O–H groups in total. The number of hydrogen-bond acceptors (Lipinski definition) is 2. The summed E-state index contributed by atoms with van der Waals surface area (Å²) in [7, 11) is 0. The van der Waals surface area contributed by atoms with E-state index in [0.29, 0.717) is 16.7 Å². The Hall–Kier alpha value is -0.610. The predicted octanol–water partition coefficient (Wildman–Crippen LogP) is 3.38. The van der Waals surface area contributed by atoms with Crippen molar-refractivity contribution in [1.29, 1.82) is 0 Å². The fraction of sp³-hybridized carbons (Fsp3) is 0.500. The van der Waals surface area contributed by atoms with E-state index in [9.17, 15) is 8.78 Å². The van der Waals surface area contributed by atoms with E-state index in [1.807, 2.05) is 19.1 Å². The molecule has 0 aliphatic heterocycles. The van der Waals surface area contributed by atoms with Gasteiger partial charge in [-0.15, -0.1) is 0 Å². The smallest absolute Gasteiger partial charge is 0.288 e. The van der Waals surface area contributed by atoms with Crippen molar-refractivity contribution in [3.05, 3.63) is 29.8 Å². The van der Waals surface area contributed by atoms with Crippen molar-refractivity contribution in [3.63, 3.8) is 0 Å². The second-order valence-electron chi connectivity index (χ2n) is 4.35. The summed E-state index contributed by atoms with van der Waals surface area (Å²) in [4.78, 5) is 0.610. The molecule has 1 aromatic carbocycles. The Bertz CT molecular complexity index is 358. The molecule has 1 nitrogen and oxygen atoms in total. The number of rotatable bonds is 4. The van der Waals surface area contributed by atoms with E-state index in [-0.39, 0.29) is 11.5 Å². The van der Waals surface area contributed by atoms with Gasteiger partial charge < -0.3 is 5.73 Å². The summed E-state index contributed by atoms with van der Waals surface area (Å²) in [6.45, 7) is 2.01. The van der Waals surface area contributed by atoms with Crippen molar-refractivity contribution in [2.24, 2.45) is 5.73 Å². The Morgan fingerprint density at radius 2 is 1.81 bits per heavy atom.